The predicted octanol–water partition coefficient (Wildman–Crippen LogP) is 3.01. The van der Waals surface area contributed by atoms with Crippen LogP contribution in [-0.2, 0) is 16.1 Å². The van der Waals surface area contributed by atoms with Crippen molar-refractivity contribution in [3.63, 3.8) is 0 Å². The number of ether oxygens (including phenoxy) is 2. The summed E-state index contributed by atoms with van der Waals surface area (Å²) in [6, 6.07) is 15.8. The number of alkyl carbamates (subject to hydrolysis) is 1. The largest absolute Gasteiger partial charge is 0.445 e. The van der Waals surface area contributed by atoms with Gasteiger partial charge in [-0.3, -0.25) is 0 Å². The lowest BCUT2D eigenvalue weighted by Crippen LogP contribution is -2.41. The fourth-order valence-electron chi connectivity index (χ4n) is 2.31. The standard InChI is InChI=1S/C20H17NO6/c1-13(21-20(24)25-12-14-5-3-2-4-6-14)19(23)26-16-9-7-15-8-10-18(22)27-17(15)11-16/h2-11,13H,12H2,1H3,(H,21,24)/t13-/m0/s1. The highest BCUT2D eigenvalue weighted by molar-refractivity contribution is 5.84. The van der Waals surface area contributed by atoms with Crippen molar-refractivity contribution < 1.29 is 23.5 Å². The van der Waals surface area contributed by atoms with Gasteiger partial charge in [0.1, 0.15) is 24.0 Å². The van der Waals surface area contributed by atoms with E-state index in [1.807, 2.05) is 30.3 Å². The van der Waals surface area contributed by atoms with Crippen molar-refractivity contribution in [3.05, 3.63) is 76.6 Å². The molecule has 0 fully saturated rings. The fraction of sp³-hybridized carbons (Fsp3) is 0.150. The Kier molecular flexibility index (Phi) is 5.51. The van der Waals surface area contributed by atoms with E-state index < -0.39 is 23.7 Å². The van der Waals surface area contributed by atoms with E-state index in [2.05, 4.69) is 5.32 Å². The highest BCUT2D eigenvalue weighted by Crippen LogP contribution is 2.19. The lowest BCUT2D eigenvalue weighted by atomic mass is 10.2. The van der Waals surface area contributed by atoms with Crippen LogP contribution in [0.3, 0.4) is 0 Å². The zero-order valence-electron chi connectivity index (χ0n) is 14.5. The summed E-state index contributed by atoms with van der Waals surface area (Å²) in [7, 11) is 0. The highest BCUT2D eigenvalue weighted by Gasteiger charge is 2.19. The van der Waals surface area contributed by atoms with E-state index in [4.69, 9.17) is 13.9 Å². The Balaban J connectivity index is 1.55. The SMILES string of the molecule is C[C@H](NC(=O)OCc1ccccc1)C(=O)Oc1ccc2ccc(=O)oc2c1. The third kappa shape index (κ3) is 4.94. The van der Waals surface area contributed by atoms with E-state index in [0.717, 1.165) is 5.56 Å². The highest BCUT2D eigenvalue weighted by atomic mass is 16.6. The molecule has 7 nitrogen and oxygen atoms in total. The minimum Gasteiger partial charge on any atom is -0.445 e. The molecule has 0 bridgehead atoms. The first-order chi connectivity index (χ1) is 13.0. The maximum atomic E-state index is 12.1. The Labute approximate surface area is 154 Å². The van der Waals surface area contributed by atoms with Crippen molar-refractivity contribution in [3.8, 4) is 5.75 Å². The van der Waals surface area contributed by atoms with E-state index >= 15 is 0 Å². The number of fused-ring (bicyclic) bond motifs is 1. The first-order valence-corrected chi connectivity index (χ1v) is 8.24. The summed E-state index contributed by atoms with van der Waals surface area (Å²) in [5, 5.41) is 3.11. The number of esters is 1. The molecule has 1 aromatic heterocycles. The molecule has 7 heteroatoms. The van der Waals surface area contributed by atoms with Gasteiger partial charge in [-0.25, -0.2) is 14.4 Å². The lowest BCUT2D eigenvalue weighted by Gasteiger charge is -2.13. The molecule has 0 unspecified atom stereocenters. The molecule has 0 aliphatic rings. The molecule has 1 N–H and O–H groups in total. The van der Waals surface area contributed by atoms with Crippen LogP contribution in [0.5, 0.6) is 5.75 Å². The summed E-state index contributed by atoms with van der Waals surface area (Å²) in [6.07, 6.45) is -0.729. The Morgan fingerprint density at radius 3 is 2.59 bits per heavy atom. The molecule has 138 valence electrons. The van der Waals surface area contributed by atoms with Crippen LogP contribution in [0.2, 0.25) is 0 Å². The number of hydrogen-bond donors (Lipinski definition) is 1. The summed E-state index contributed by atoms with van der Waals surface area (Å²) >= 11 is 0. The average Bonchev–Trinajstić information content (AvgIpc) is 2.66. The monoisotopic (exact) mass is 367 g/mol. The average molecular weight is 367 g/mol. The molecule has 0 spiro atoms. The number of carbonyl (C=O) groups excluding carboxylic acids is 2. The Morgan fingerprint density at radius 1 is 1.07 bits per heavy atom. The predicted molar refractivity (Wildman–Crippen MR) is 97.3 cm³/mol. The molecule has 3 rings (SSSR count). The summed E-state index contributed by atoms with van der Waals surface area (Å²) in [5.74, 6) is -0.475. The van der Waals surface area contributed by atoms with Crippen LogP contribution in [0.1, 0.15) is 12.5 Å². The van der Waals surface area contributed by atoms with Crippen molar-refractivity contribution in [1.82, 2.24) is 5.32 Å². The first kappa shape index (κ1) is 18.2. The maximum absolute atomic E-state index is 12.1. The van der Waals surface area contributed by atoms with E-state index in [0.29, 0.717) is 11.0 Å². The molecule has 0 radical (unpaired) electrons. The van der Waals surface area contributed by atoms with Gasteiger partial charge in [0, 0.05) is 17.5 Å². The number of hydrogen-bond acceptors (Lipinski definition) is 6. The van der Waals surface area contributed by atoms with Gasteiger partial charge in [0.25, 0.3) is 0 Å². The molecule has 3 aromatic rings. The van der Waals surface area contributed by atoms with Gasteiger partial charge in [0.05, 0.1) is 0 Å². The van der Waals surface area contributed by atoms with Gasteiger partial charge in [0.15, 0.2) is 0 Å². The van der Waals surface area contributed by atoms with E-state index in [1.165, 1.54) is 19.1 Å². The summed E-state index contributed by atoms with van der Waals surface area (Å²) in [5.41, 5.74) is 0.637. The molecule has 27 heavy (non-hydrogen) atoms. The second-order valence-electron chi connectivity index (χ2n) is 5.80. The van der Waals surface area contributed by atoms with Gasteiger partial charge in [0.2, 0.25) is 0 Å². The zero-order valence-corrected chi connectivity index (χ0v) is 14.5. The van der Waals surface area contributed by atoms with Crippen molar-refractivity contribution in [2.45, 2.75) is 19.6 Å². The van der Waals surface area contributed by atoms with Crippen LogP contribution < -0.4 is 15.7 Å². The minimum atomic E-state index is -0.924. The van der Waals surface area contributed by atoms with Gasteiger partial charge < -0.3 is 19.2 Å². The second kappa shape index (κ2) is 8.18. The second-order valence-corrected chi connectivity index (χ2v) is 5.80. The van der Waals surface area contributed by atoms with Crippen LogP contribution in [-0.4, -0.2) is 18.1 Å². The molecular weight excluding hydrogens is 350 g/mol. The van der Waals surface area contributed by atoms with Crippen LogP contribution in [0.4, 0.5) is 4.79 Å². The Morgan fingerprint density at radius 2 is 1.81 bits per heavy atom. The van der Waals surface area contributed by atoms with Gasteiger partial charge in [-0.1, -0.05) is 30.3 Å². The van der Waals surface area contributed by atoms with Crippen LogP contribution in [0.15, 0.2) is 69.9 Å². The van der Waals surface area contributed by atoms with Crippen LogP contribution in [0.25, 0.3) is 11.0 Å². The molecule has 1 amide bonds. The normalized spacial score (nSPS) is 11.6. The quantitative estimate of drug-likeness (QED) is 0.423. The molecule has 1 heterocycles. The topological polar surface area (TPSA) is 94.8 Å². The van der Waals surface area contributed by atoms with E-state index in [9.17, 15) is 14.4 Å². The van der Waals surface area contributed by atoms with Gasteiger partial charge in [-0.05, 0) is 30.7 Å². The summed E-state index contributed by atoms with van der Waals surface area (Å²) in [6.45, 7) is 1.57. The van der Waals surface area contributed by atoms with E-state index in [-0.39, 0.29) is 12.4 Å². The summed E-state index contributed by atoms with van der Waals surface area (Å²) < 4.78 is 15.3. The molecular formula is C20H17NO6. The number of amides is 1. The maximum Gasteiger partial charge on any atom is 0.408 e. The van der Waals surface area contributed by atoms with Gasteiger partial charge in [-0.15, -0.1) is 0 Å². The van der Waals surface area contributed by atoms with E-state index in [1.54, 1.807) is 18.2 Å². The van der Waals surface area contributed by atoms with Crippen molar-refractivity contribution in [2.75, 3.05) is 0 Å². The lowest BCUT2D eigenvalue weighted by molar-refractivity contribution is -0.136. The first-order valence-electron chi connectivity index (χ1n) is 8.24. The Hall–Kier alpha value is -3.61. The fourth-order valence-corrected chi connectivity index (χ4v) is 2.31. The molecule has 0 saturated carbocycles. The zero-order chi connectivity index (χ0) is 19.2. The van der Waals surface area contributed by atoms with Crippen molar-refractivity contribution in [2.24, 2.45) is 0 Å². The molecule has 2 aromatic carbocycles. The molecule has 0 aliphatic carbocycles. The van der Waals surface area contributed by atoms with Crippen molar-refractivity contribution >= 4 is 23.0 Å². The molecule has 0 saturated heterocycles. The third-order valence-electron chi connectivity index (χ3n) is 3.71. The number of carbonyl (C=O) groups is 2. The number of benzene rings is 2. The van der Waals surface area contributed by atoms with Crippen LogP contribution >= 0.6 is 0 Å². The van der Waals surface area contributed by atoms with Crippen LogP contribution in [0, 0.1) is 0 Å². The van der Waals surface area contributed by atoms with Crippen molar-refractivity contribution in [1.29, 1.82) is 0 Å². The minimum absolute atomic E-state index is 0.0954. The molecule has 1 atom stereocenters. The number of nitrogens with one attached hydrogen (secondary N) is 1. The smallest absolute Gasteiger partial charge is 0.408 e. The third-order valence-corrected chi connectivity index (χ3v) is 3.71. The van der Waals surface area contributed by atoms with Gasteiger partial charge in [-0.2, -0.15) is 0 Å². The Bertz CT molecular complexity index is 1010. The van der Waals surface area contributed by atoms with Gasteiger partial charge >= 0.3 is 17.7 Å². The summed E-state index contributed by atoms with van der Waals surface area (Å²) in [4.78, 5) is 35.2. The number of rotatable bonds is 5. The molecule has 0 aliphatic heterocycles.